The average Bonchev–Trinajstić information content (AvgIpc) is 3.26. The number of rotatable bonds is 4. The molecule has 0 radical (unpaired) electrons. The highest BCUT2D eigenvalue weighted by Crippen LogP contribution is 2.54. The van der Waals surface area contributed by atoms with E-state index in [0.29, 0.717) is 25.4 Å². The van der Waals surface area contributed by atoms with Crippen LogP contribution in [0.15, 0.2) is 42.5 Å². The number of nitrogens with zero attached hydrogens (tertiary/aromatic N) is 2. The third kappa shape index (κ3) is 3.18. The molecule has 2 aliphatic rings. The molecule has 29 heavy (non-hydrogen) atoms. The Kier molecular flexibility index (Phi) is 5.27. The molecule has 0 aliphatic carbocycles. The molecule has 6 nitrogen and oxygen atoms in total. The lowest BCUT2D eigenvalue weighted by Crippen LogP contribution is -2.52. The molecule has 7 heteroatoms. The summed E-state index contributed by atoms with van der Waals surface area (Å²) in [5, 5.41) is 2.99. The summed E-state index contributed by atoms with van der Waals surface area (Å²) >= 11 is 1.53. The van der Waals surface area contributed by atoms with Crippen LogP contribution in [0.1, 0.15) is 16.7 Å². The van der Waals surface area contributed by atoms with Gasteiger partial charge in [-0.1, -0.05) is 24.3 Å². The Balaban J connectivity index is 1.68. The van der Waals surface area contributed by atoms with Crippen molar-refractivity contribution in [2.45, 2.75) is 18.7 Å². The van der Waals surface area contributed by atoms with Crippen molar-refractivity contribution in [2.24, 2.45) is 0 Å². The molecule has 1 atom stereocenters. The fourth-order valence-electron chi connectivity index (χ4n) is 3.98. The Labute approximate surface area is 175 Å². The van der Waals surface area contributed by atoms with Crippen LogP contribution in [-0.4, -0.2) is 49.4 Å². The zero-order valence-electron chi connectivity index (χ0n) is 16.9. The molecule has 2 aliphatic heterocycles. The van der Waals surface area contributed by atoms with Crippen LogP contribution in [0.2, 0.25) is 0 Å². The van der Waals surface area contributed by atoms with Gasteiger partial charge < -0.3 is 15.0 Å². The normalized spacial score (nSPS) is 20.4. The van der Waals surface area contributed by atoms with Crippen LogP contribution in [0.25, 0.3) is 0 Å². The van der Waals surface area contributed by atoms with Crippen molar-refractivity contribution in [2.75, 3.05) is 42.8 Å². The molecule has 4 rings (SSSR count). The number of para-hydroxylation sites is 1. The maximum absolute atomic E-state index is 13.6. The molecule has 2 aromatic rings. The van der Waals surface area contributed by atoms with Gasteiger partial charge in [-0.3, -0.25) is 9.69 Å². The second-order valence-electron chi connectivity index (χ2n) is 7.34. The van der Waals surface area contributed by atoms with Gasteiger partial charge in [0, 0.05) is 37.2 Å². The number of urea groups is 1. The maximum Gasteiger partial charge on any atom is 0.323 e. The van der Waals surface area contributed by atoms with Gasteiger partial charge in [-0.05, 0) is 43.2 Å². The number of methoxy groups -OCH3 is 1. The number of hydrogen-bond donors (Lipinski definition) is 1. The molecule has 0 aromatic heterocycles. The van der Waals surface area contributed by atoms with E-state index in [0.717, 1.165) is 22.5 Å². The zero-order chi connectivity index (χ0) is 20.6. The molecule has 1 saturated heterocycles. The van der Waals surface area contributed by atoms with E-state index in [2.05, 4.69) is 5.32 Å². The van der Waals surface area contributed by atoms with Gasteiger partial charge in [-0.15, -0.1) is 11.8 Å². The lowest BCUT2D eigenvalue weighted by atomic mass is 10.1. The van der Waals surface area contributed by atoms with Gasteiger partial charge in [-0.25, -0.2) is 4.79 Å². The number of thioether (sulfide) groups is 1. The summed E-state index contributed by atoms with van der Waals surface area (Å²) in [5.74, 6) is 0.631. The van der Waals surface area contributed by atoms with Crippen LogP contribution in [0.3, 0.4) is 0 Å². The fourth-order valence-corrected chi connectivity index (χ4v) is 5.44. The van der Waals surface area contributed by atoms with Gasteiger partial charge in [0.15, 0.2) is 4.87 Å². The van der Waals surface area contributed by atoms with Crippen LogP contribution >= 0.6 is 11.8 Å². The Hall–Kier alpha value is -2.51. The second-order valence-corrected chi connectivity index (χ2v) is 8.63. The third-order valence-electron chi connectivity index (χ3n) is 5.62. The molecule has 1 N–H and O–H groups in total. The van der Waals surface area contributed by atoms with E-state index in [4.69, 9.17) is 4.74 Å². The van der Waals surface area contributed by atoms with Gasteiger partial charge in [0.1, 0.15) is 0 Å². The van der Waals surface area contributed by atoms with E-state index in [-0.39, 0.29) is 11.9 Å². The first-order valence-electron chi connectivity index (χ1n) is 9.69. The van der Waals surface area contributed by atoms with Crippen LogP contribution in [0.4, 0.5) is 16.2 Å². The van der Waals surface area contributed by atoms with Gasteiger partial charge in [0.2, 0.25) is 0 Å². The minimum atomic E-state index is -1.02. The lowest BCUT2D eigenvalue weighted by Gasteiger charge is -2.33. The van der Waals surface area contributed by atoms with Crippen LogP contribution in [-0.2, 0) is 14.4 Å². The third-order valence-corrected chi connectivity index (χ3v) is 7.04. The van der Waals surface area contributed by atoms with Crippen molar-refractivity contribution >= 4 is 35.1 Å². The predicted octanol–water partition coefficient (Wildman–Crippen LogP) is 3.73. The number of benzene rings is 2. The number of carbonyl (C=O) groups excluding carboxylic acids is 2. The summed E-state index contributed by atoms with van der Waals surface area (Å²) in [6.45, 7) is 5.47. The Morgan fingerprint density at radius 2 is 2.00 bits per heavy atom. The minimum Gasteiger partial charge on any atom is -0.383 e. The Bertz CT molecular complexity index is 964. The second kappa shape index (κ2) is 7.72. The number of nitrogens with one attached hydrogen (secondary N) is 1. The van der Waals surface area contributed by atoms with Crippen molar-refractivity contribution in [3.8, 4) is 0 Å². The van der Waals surface area contributed by atoms with Gasteiger partial charge in [-0.2, -0.15) is 0 Å². The number of anilines is 2. The number of carbonyl (C=O) groups is 2. The smallest absolute Gasteiger partial charge is 0.323 e. The Morgan fingerprint density at radius 3 is 2.76 bits per heavy atom. The number of amides is 3. The van der Waals surface area contributed by atoms with Gasteiger partial charge in [0.25, 0.3) is 5.91 Å². The van der Waals surface area contributed by atoms with Crippen molar-refractivity contribution in [1.29, 1.82) is 0 Å². The molecule has 3 amide bonds. The predicted molar refractivity (Wildman–Crippen MR) is 116 cm³/mol. The van der Waals surface area contributed by atoms with E-state index in [1.54, 1.807) is 16.9 Å². The molecule has 152 valence electrons. The van der Waals surface area contributed by atoms with Crippen LogP contribution in [0.5, 0.6) is 0 Å². The highest BCUT2D eigenvalue weighted by molar-refractivity contribution is 8.01. The van der Waals surface area contributed by atoms with Crippen LogP contribution < -0.4 is 10.2 Å². The van der Waals surface area contributed by atoms with E-state index >= 15 is 0 Å². The first-order chi connectivity index (χ1) is 14.0. The van der Waals surface area contributed by atoms with Crippen LogP contribution in [0, 0.1) is 13.8 Å². The molecule has 0 bridgehead atoms. The maximum atomic E-state index is 13.6. The largest absolute Gasteiger partial charge is 0.383 e. The molecular formula is C22H25N3O3S. The summed E-state index contributed by atoms with van der Waals surface area (Å²) in [5.41, 5.74) is 4.75. The average molecular weight is 412 g/mol. The molecule has 2 heterocycles. The summed E-state index contributed by atoms with van der Waals surface area (Å²) < 4.78 is 5.20. The van der Waals surface area contributed by atoms with Crippen molar-refractivity contribution in [3.63, 3.8) is 0 Å². The summed E-state index contributed by atoms with van der Waals surface area (Å²) in [7, 11) is 1.62. The SMILES string of the molecule is COCCN1C(=O)[C@]2(SCCN2C(=O)Nc2ccc(C)c(C)c2)c2ccccc21. The van der Waals surface area contributed by atoms with Gasteiger partial charge >= 0.3 is 6.03 Å². The Morgan fingerprint density at radius 1 is 1.21 bits per heavy atom. The number of ether oxygens (including phenoxy) is 1. The topological polar surface area (TPSA) is 61.9 Å². The van der Waals surface area contributed by atoms with Gasteiger partial charge in [0.05, 0.1) is 12.3 Å². The number of aryl methyl sites for hydroxylation is 2. The van der Waals surface area contributed by atoms with Crippen molar-refractivity contribution in [3.05, 3.63) is 59.2 Å². The minimum absolute atomic E-state index is 0.0755. The fraction of sp³-hybridized carbons (Fsp3) is 0.364. The first kappa shape index (κ1) is 19.8. The van der Waals surface area contributed by atoms with E-state index in [1.165, 1.54) is 17.3 Å². The summed E-state index contributed by atoms with van der Waals surface area (Å²) in [6, 6.07) is 13.3. The van der Waals surface area contributed by atoms with E-state index < -0.39 is 4.87 Å². The highest BCUT2D eigenvalue weighted by atomic mass is 32.2. The standard InChI is InChI=1S/C22H25N3O3S/c1-15-8-9-17(14-16(15)2)23-21(27)25-11-13-29-22(25)18-6-4-5-7-19(18)24(20(22)26)10-12-28-3/h4-9,14H,10-13H2,1-3H3,(H,23,27)/t22-/m1/s1. The molecule has 1 fully saturated rings. The number of fused-ring (bicyclic) bond motifs is 2. The molecular weight excluding hydrogens is 386 g/mol. The lowest BCUT2D eigenvalue weighted by molar-refractivity contribution is -0.123. The van der Waals surface area contributed by atoms with Crippen molar-refractivity contribution in [1.82, 2.24) is 4.90 Å². The quantitative estimate of drug-likeness (QED) is 0.833. The first-order valence-corrected chi connectivity index (χ1v) is 10.7. The van der Waals surface area contributed by atoms with E-state index in [9.17, 15) is 9.59 Å². The summed E-state index contributed by atoms with van der Waals surface area (Å²) in [6.07, 6.45) is 0. The van der Waals surface area contributed by atoms with E-state index in [1.807, 2.05) is 56.3 Å². The highest BCUT2D eigenvalue weighted by Gasteiger charge is 2.59. The molecule has 1 spiro atoms. The summed E-state index contributed by atoms with van der Waals surface area (Å²) in [4.78, 5) is 29.2. The molecule has 2 aromatic carbocycles. The molecule has 0 unspecified atom stereocenters. The zero-order valence-corrected chi connectivity index (χ0v) is 17.7. The van der Waals surface area contributed by atoms with Crippen molar-refractivity contribution < 1.29 is 14.3 Å². The number of hydrogen-bond acceptors (Lipinski definition) is 4. The molecule has 0 saturated carbocycles. The monoisotopic (exact) mass is 411 g/mol.